The Labute approximate surface area is 110 Å². The van der Waals surface area contributed by atoms with Crippen molar-refractivity contribution in [1.82, 2.24) is 5.32 Å². The first-order chi connectivity index (χ1) is 8.60. The molecule has 3 nitrogen and oxygen atoms in total. The summed E-state index contributed by atoms with van der Waals surface area (Å²) in [6.45, 7) is 6.62. The summed E-state index contributed by atoms with van der Waals surface area (Å²) in [5, 5.41) is 3.57. The van der Waals surface area contributed by atoms with Crippen LogP contribution in [0.3, 0.4) is 0 Å². The fraction of sp³-hybridized carbons (Fsp3) is 0.600. The van der Waals surface area contributed by atoms with E-state index >= 15 is 0 Å². The number of hydrogen-bond donors (Lipinski definition) is 1. The second-order valence-corrected chi connectivity index (χ2v) is 4.77. The predicted octanol–water partition coefficient (Wildman–Crippen LogP) is 3.02. The molecule has 18 heavy (non-hydrogen) atoms. The molecule has 2 unspecified atom stereocenters. The van der Waals surface area contributed by atoms with Gasteiger partial charge in [-0.1, -0.05) is 13.0 Å². The van der Waals surface area contributed by atoms with Gasteiger partial charge >= 0.3 is 0 Å². The van der Waals surface area contributed by atoms with E-state index in [1.54, 1.807) is 14.2 Å². The van der Waals surface area contributed by atoms with Crippen molar-refractivity contribution in [3.63, 3.8) is 0 Å². The average molecular weight is 251 g/mol. The van der Waals surface area contributed by atoms with Gasteiger partial charge in [0.25, 0.3) is 0 Å². The Balaban J connectivity index is 2.67. The van der Waals surface area contributed by atoms with E-state index in [0.29, 0.717) is 12.1 Å². The van der Waals surface area contributed by atoms with Crippen molar-refractivity contribution in [2.75, 3.05) is 14.2 Å². The molecule has 0 heterocycles. The van der Waals surface area contributed by atoms with Crippen LogP contribution in [0.1, 0.15) is 32.8 Å². The fourth-order valence-corrected chi connectivity index (χ4v) is 2.02. The summed E-state index contributed by atoms with van der Waals surface area (Å²) in [7, 11) is 3.33. The summed E-state index contributed by atoms with van der Waals surface area (Å²) in [6.07, 6.45) is 2.14. The number of rotatable bonds is 7. The molecule has 3 heteroatoms. The van der Waals surface area contributed by atoms with Gasteiger partial charge in [0.15, 0.2) is 11.5 Å². The number of methoxy groups -OCH3 is 2. The molecule has 1 aromatic carbocycles. The van der Waals surface area contributed by atoms with E-state index in [2.05, 4.69) is 32.2 Å². The van der Waals surface area contributed by atoms with Crippen molar-refractivity contribution < 1.29 is 9.47 Å². The Bertz CT molecular complexity index is 366. The van der Waals surface area contributed by atoms with Gasteiger partial charge in [-0.25, -0.2) is 0 Å². The van der Waals surface area contributed by atoms with E-state index in [-0.39, 0.29) is 0 Å². The molecule has 0 aliphatic heterocycles. The van der Waals surface area contributed by atoms with Gasteiger partial charge in [0.2, 0.25) is 0 Å². The van der Waals surface area contributed by atoms with E-state index in [1.807, 2.05) is 12.1 Å². The zero-order valence-corrected chi connectivity index (χ0v) is 12.1. The minimum absolute atomic E-state index is 0.457. The van der Waals surface area contributed by atoms with Gasteiger partial charge in [-0.2, -0.15) is 0 Å². The van der Waals surface area contributed by atoms with Gasteiger partial charge in [-0.05, 0) is 44.4 Å². The van der Waals surface area contributed by atoms with E-state index in [4.69, 9.17) is 9.47 Å². The number of ether oxygens (including phenoxy) is 2. The van der Waals surface area contributed by atoms with Crippen molar-refractivity contribution in [1.29, 1.82) is 0 Å². The van der Waals surface area contributed by atoms with Crippen LogP contribution >= 0.6 is 0 Å². The Morgan fingerprint density at radius 2 is 1.72 bits per heavy atom. The molecule has 0 spiro atoms. The fourth-order valence-electron chi connectivity index (χ4n) is 2.02. The second kappa shape index (κ2) is 7.27. The van der Waals surface area contributed by atoms with Crippen molar-refractivity contribution >= 4 is 0 Å². The normalized spacial score (nSPS) is 14.1. The minimum atomic E-state index is 0.457. The largest absolute Gasteiger partial charge is 0.493 e. The maximum Gasteiger partial charge on any atom is 0.160 e. The van der Waals surface area contributed by atoms with Crippen LogP contribution in [0, 0.1) is 0 Å². The lowest BCUT2D eigenvalue weighted by molar-refractivity contribution is 0.354. The van der Waals surface area contributed by atoms with Crippen LogP contribution in [0.2, 0.25) is 0 Å². The molecule has 0 aromatic heterocycles. The molecule has 1 rings (SSSR count). The number of benzene rings is 1. The lowest BCUT2D eigenvalue weighted by Gasteiger charge is -2.19. The van der Waals surface area contributed by atoms with Crippen LogP contribution in [0.5, 0.6) is 11.5 Å². The molecule has 0 aliphatic rings. The molecule has 1 N–H and O–H groups in total. The van der Waals surface area contributed by atoms with Crippen LogP contribution in [0.4, 0.5) is 0 Å². The maximum absolute atomic E-state index is 5.32. The summed E-state index contributed by atoms with van der Waals surface area (Å²) < 4.78 is 10.6. The van der Waals surface area contributed by atoms with Crippen LogP contribution < -0.4 is 14.8 Å². The molecule has 0 aliphatic carbocycles. The average Bonchev–Trinajstić information content (AvgIpc) is 2.38. The summed E-state index contributed by atoms with van der Waals surface area (Å²) in [6, 6.07) is 7.12. The van der Waals surface area contributed by atoms with Gasteiger partial charge in [0.05, 0.1) is 14.2 Å². The van der Waals surface area contributed by atoms with Crippen molar-refractivity contribution in [2.45, 2.75) is 45.7 Å². The lowest BCUT2D eigenvalue weighted by atomic mass is 10.1. The third kappa shape index (κ3) is 4.22. The number of nitrogens with one attached hydrogen (secondary N) is 1. The molecule has 102 valence electrons. The zero-order chi connectivity index (χ0) is 13.5. The van der Waals surface area contributed by atoms with Crippen molar-refractivity contribution in [3.05, 3.63) is 23.8 Å². The first-order valence-electron chi connectivity index (χ1n) is 6.57. The van der Waals surface area contributed by atoms with E-state index in [0.717, 1.165) is 24.3 Å². The molecule has 0 saturated carbocycles. The molecule has 0 radical (unpaired) electrons. The molecule has 2 atom stereocenters. The third-order valence-corrected chi connectivity index (χ3v) is 3.17. The quantitative estimate of drug-likeness (QED) is 0.808. The van der Waals surface area contributed by atoms with E-state index in [1.165, 1.54) is 5.56 Å². The van der Waals surface area contributed by atoms with Gasteiger partial charge in [-0.15, -0.1) is 0 Å². The monoisotopic (exact) mass is 251 g/mol. The van der Waals surface area contributed by atoms with Crippen molar-refractivity contribution in [2.24, 2.45) is 0 Å². The molecular weight excluding hydrogens is 226 g/mol. The first-order valence-corrected chi connectivity index (χ1v) is 6.57. The standard InChI is InChI=1S/C15H25NO2/c1-6-11(2)16-12(3)9-13-7-8-14(17-4)15(10-13)18-5/h7-8,10-12,16H,6,9H2,1-5H3. The van der Waals surface area contributed by atoms with E-state index in [9.17, 15) is 0 Å². The molecule has 0 bridgehead atoms. The molecule has 0 fully saturated rings. The molecular formula is C15H25NO2. The number of hydrogen-bond acceptors (Lipinski definition) is 3. The van der Waals surface area contributed by atoms with Gasteiger partial charge < -0.3 is 14.8 Å². The SMILES string of the molecule is CCC(C)NC(C)Cc1ccc(OC)c(OC)c1. The minimum Gasteiger partial charge on any atom is -0.493 e. The van der Waals surface area contributed by atoms with Crippen LogP contribution in [-0.2, 0) is 6.42 Å². The highest BCUT2D eigenvalue weighted by atomic mass is 16.5. The van der Waals surface area contributed by atoms with Crippen LogP contribution in [0.15, 0.2) is 18.2 Å². The summed E-state index contributed by atoms with van der Waals surface area (Å²) >= 11 is 0. The summed E-state index contributed by atoms with van der Waals surface area (Å²) in [5.41, 5.74) is 1.26. The van der Waals surface area contributed by atoms with Gasteiger partial charge in [0, 0.05) is 12.1 Å². The Kier molecular flexibility index (Phi) is 5.99. The maximum atomic E-state index is 5.32. The van der Waals surface area contributed by atoms with Gasteiger partial charge in [0.1, 0.15) is 0 Å². The Morgan fingerprint density at radius 1 is 1.06 bits per heavy atom. The predicted molar refractivity (Wildman–Crippen MR) is 75.6 cm³/mol. The second-order valence-electron chi connectivity index (χ2n) is 4.77. The van der Waals surface area contributed by atoms with Crippen LogP contribution in [-0.4, -0.2) is 26.3 Å². The topological polar surface area (TPSA) is 30.5 Å². The highest BCUT2D eigenvalue weighted by molar-refractivity contribution is 5.43. The molecule has 0 saturated heterocycles. The highest BCUT2D eigenvalue weighted by Gasteiger charge is 2.09. The summed E-state index contributed by atoms with van der Waals surface area (Å²) in [5.74, 6) is 1.58. The zero-order valence-electron chi connectivity index (χ0n) is 12.1. The summed E-state index contributed by atoms with van der Waals surface area (Å²) in [4.78, 5) is 0. The third-order valence-electron chi connectivity index (χ3n) is 3.17. The van der Waals surface area contributed by atoms with Gasteiger partial charge in [-0.3, -0.25) is 0 Å². The lowest BCUT2D eigenvalue weighted by Crippen LogP contribution is -2.35. The van der Waals surface area contributed by atoms with Crippen LogP contribution in [0.25, 0.3) is 0 Å². The molecule has 1 aromatic rings. The smallest absolute Gasteiger partial charge is 0.160 e. The van der Waals surface area contributed by atoms with Crippen molar-refractivity contribution in [3.8, 4) is 11.5 Å². The molecule has 0 amide bonds. The first kappa shape index (κ1) is 14.8. The Hall–Kier alpha value is -1.22. The van der Waals surface area contributed by atoms with E-state index < -0.39 is 0 Å². The highest BCUT2D eigenvalue weighted by Crippen LogP contribution is 2.27. The Morgan fingerprint density at radius 3 is 2.28 bits per heavy atom.